The van der Waals surface area contributed by atoms with Crippen molar-refractivity contribution in [3.05, 3.63) is 0 Å². The normalized spacial score (nSPS) is 11.6. The Morgan fingerprint density at radius 2 is 0.301 bits per heavy atom. The molecule has 6 nitrogen and oxygen atoms in total. The van der Waals surface area contributed by atoms with E-state index >= 15 is 0 Å². The second-order valence-electron chi connectivity index (χ2n) is 23.1. The van der Waals surface area contributed by atoms with E-state index in [1.807, 2.05) is 0 Å². The fraction of sp³-hybridized carbons (Fsp3) is 0.955. The van der Waals surface area contributed by atoms with Crippen LogP contribution in [0.5, 0.6) is 0 Å². The topological polar surface area (TPSA) is 120 Å². The molecule has 0 aromatic carbocycles. The predicted molar refractivity (Wildman–Crippen MR) is 309 cm³/mol. The van der Waals surface area contributed by atoms with Gasteiger partial charge in [0.2, 0.25) is 0 Å². The van der Waals surface area contributed by atoms with Crippen molar-refractivity contribution < 1.29 is 70.5 Å². The standard InChI is InChI=1S/3C22H44O2.Nd/c3*1-4-7-10-13-14-17-20-22(21(23)24,18-15-11-8-5-2)19-16-12-9-6-3;/h3*4-20H2,1-3H3,(H,23,24);/q;;;+3/p-3. The summed E-state index contributed by atoms with van der Waals surface area (Å²) >= 11 is 0. The van der Waals surface area contributed by atoms with Crippen molar-refractivity contribution in [2.24, 2.45) is 16.2 Å². The van der Waals surface area contributed by atoms with Gasteiger partial charge >= 0.3 is 40.8 Å². The first kappa shape index (κ1) is 79.2. The van der Waals surface area contributed by atoms with Crippen LogP contribution in [-0.2, 0) is 14.4 Å². The molecule has 0 aliphatic rings. The van der Waals surface area contributed by atoms with Crippen LogP contribution in [0.3, 0.4) is 0 Å². The molecule has 0 aromatic heterocycles. The second kappa shape index (κ2) is 59.4. The molecule has 0 spiro atoms. The number of carbonyl (C=O) groups is 3. The van der Waals surface area contributed by atoms with Crippen molar-refractivity contribution in [2.75, 3.05) is 0 Å². The smallest absolute Gasteiger partial charge is 0.550 e. The van der Waals surface area contributed by atoms with Crippen LogP contribution in [-0.4, -0.2) is 17.9 Å². The van der Waals surface area contributed by atoms with E-state index in [4.69, 9.17) is 0 Å². The summed E-state index contributed by atoms with van der Waals surface area (Å²) in [6.45, 7) is 19.9. The minimum absolute atomic E-state index is 0. The first-order chi connectivity index (χ1) is 34.9. The average molecular weight is 1160 g/mol. The van der Waals surface area contributed by atoms with Crippen molar-refractivity contribution in [2.45, 2.75) is 390 Å². The Labute approximate surface area is 490 Å². The number of aliphatic carboxylic acids is 3. The van der Waals surface area contributed by atoms with Gasteiger partial charge in [0.1, 0.15) is 0 Å². The van der Waals surface area contributed by atoms with E-state index in [0.717, 1.165) is 154 Å². The molecular formula is C66H129NdO6. The first-order valence-corrected chi connectivity index (χ1v) is 32.5. The summed E-state index contributed by atoms with van der Waals surface area (Å²) < 4.78 is 0. The SMILES string of the molecule is CCCCCCCCC(CCCCCC)(CCCCCC)C(=O)[O-].CCCCCCCCC(CCCCCC)(CCCCCC)C(=O)[O-].CCCCCCCCC(CCCCCC)(CCCCCC)C(=O)[O-].[Nd+3]. The zero-order chi connectivity index (χ0) is 54.3. The van der Waals surface area contributed by atoms with Gasteiger partial charge in [-0.3, -0.25) is 0 Å². The summed E-state index contributed by atoms with van der Waals surface area (Å²) in [5.41, 5.74) is -1.65. The summed E-state index contributed by atoms with van der Waals surface area (Å²) in [5.74, 6) is -2.32. The Bertz CT molecular complexity index is 967. The molecule has 0 fully saturated rings. The molecule has 0 N–H and O–H groups in total. The van der Waals surface area contributed by atoms with Crippen LogP contribution in [0.2, 0.25) is 0 Å². The molecule has 7 heteroatoms. The Hall–Kier alpha value is -0.239. The second-order valence-corrected chi connectivity index (χ2v) is 23.1. The van der Waals surface area contributed by atoms with Gasteiger partial charge in [0.15, 0.2) is 0 Å². The van der Waals surface area contributed by atoms with Crippen LogP contribution in [0.4, 0.5) is 0 Å². The molecule has 1 radical (unpaired) electrons. The third-order valence-electron chi connectivity index (χ3n) is 16.4. The van der Waals surface area contributed by atoms with E-state index in [9.17, 15) is 29.7 Å². The Morgan fingerprint density at radius 3 is 0.411 bits per heavy atom. The van der Waals surface area contributed by atoms with Gasteiger partial charge in [0.05, 0.1) is 0 Å². The summed E-state index contributed by atoms with van der Waals surface area (Å²) in [5, 5.41) is 36.0. The fourth-order valence-corrected chi connectivity index (χ4v) is 11.1. The van der Waals surface area contributed by atoms with Gasteiger partial charge in [0.25, 0.3) is 0 Å². The molecule has 0 aromatic rings. The zero-order valence-electron chi connectivity index (χ0n) is 51.0. The molecule has 0 amide bonds. The Kier molecular flexibility index (Phi) is 64.5. The minimum atomic E-state index is -0.774. The number of carbonyl (C=O) groups excluding carboxylic acids is 3. The molecule has 0 saturated heterocycles. The van der Waals surface area contributed by atoms with Gasteiger partial charge in [-0.15, -0.1) is 0 Å². The third kappa shape index (κ3) is 46.4. The minimum Gasteiger partial charge on any atom is -0.550 e. The number of unbranched alkanes of at least 4 members (excludes halogenated alkanes) is 33. The van der Waals surface area contributed by atoms with E-state index in [1.165, 1.54) is 173 Å². The molecule has 0 atom stereocenters. The maximum absolute atomic E-state index is 12.0. The van der Waals surface area contributed by atoms with Gasteiger partial charge in [-0.25, -0.2) is 0 Å². The van der Waals surface area contributed by atoms with Gasteiger partial charge in [-0.05, 0) is 57.8 Å². The van der Waals surface area contributed by atoms with Gasteiger partial charge < -0.3 is 29.7 Å². The van der Waals surface area contributed by atoms with E-state index in [2.05, 4.69) is 62.3 Å². The molecule has 433 valence electrons. The van der Waals surface area contributed by atoms with Crippen molar-refractivity contribution in [3.63, 3.8) is 0 Å². The zero-order valence-corrected chi connectivity index (χ0v) is 54.2. The van der Waals surface area contributed by atoms with Crippen LogP contribution in [0, 0.1) is 57.1 Å². The summed E-state index contributed by atoms with van der Waals surface area (Å²) in [6, 6.07) is 0. The number of hydrogen-bond acceptors (Lipinski definition) is 6. The van der Waals surface area contributed by atoms with Crippen LogP contribution >= 0.6 is 0 Å². The first-order valence-electron chi connectivity index (χ1n) is 32.5. The van der Waals surface area contributed by atoms with Gasteiger partial charge in [-0.1, -0.05) is 332 Å². The van der Waals surface area contributed by atoms with Gasteiger partial charge in [0, 0.05) is 34.2 Å². The molecule has 0 saturated carbocycles. The fourth-order valence-electron chi connectivity index (χ4n) is 11.1. The number of hydrogen-bond donors (Lipinski definition) is 0. The average Bonchev–Trinajstić information content (AvgIpc) is 3.37. The number of rotatable bonds is 54. The van der Waals surface area contributed by atoms with Crippen LogP contribution in [0.1, 0.15) is 390 Å². The van der Waals surface area contributed by atoms with E-state index < -0.39 is 34.2 Å². The molecule has 0 rings (SSSR count). The van der Waals surface area contributed by atoms with Crippen molar-refractivity contribution in [1.29, 1.82) is 0 Å². The van der Waals surface area contributed by atoms with Crippen LogP contribution < -0.4 is 15.3 Å². The maximum atomic E-state index is 12.0. The summed E-state index contributed by atoms with van der Waals surface area (Å²) in [6.07, 6.45) is 57.3. The summed E-state index contributed by atoms with van der Waals surface area (Å²) in [4.78, 5) is 36.0. The van der Waals surface area contributed by atoms with Crippen LogP contribution in [0.25, 0.3) is 0 Å². The van der Waals surface area contributed by atoms with Crippen molar-refractivity contribution >= 4 is 17.9 Å². The number of carboxylic acids is 3. The predicted octanol–water partition coefficient (Wildman–Crippen LogP) is 19.2. The molecule has 0 aliphatic heterocycles. The summed E-state index contributed by atoms with van der Waals surface area (Å²) in [7, 11) is 0. The van der Waals surface area contributed by atoms with Gasteiger partial charge in [-0.2, -0.15) is 0 Å². The van der Waals surface area contributed by atoms with Crippen molar-refractivity contribution in [3.8, 4) is 0 Å². The Morgan fingerprint density at radius 1 is 0.205 bits per heavy atom. The monoisotopic (exact) mass is 1160 g/mol. The molecule has 73 heavy (non-hydrogen) atoms. The molecule has 0 aliphatic carbocycles. The van der Waals surface area contributed by atoms with E-state index in [0.29, 0.717) is 0 Å². The number of carboxylic acid groups (broad SMARTS) is 3. The molecular weight excluding hydrogens is 1030 g/mol. The van der Waals surface area contributed by atoms with E-state index in [1.54, 1.807) is 0 Å². The quantitative estimate of drug-likeness (QED) is 0.0560. The Balaban J connectivity index is -0.000000486. The molecule has 0 unspecified atom stereocenters. The van der Waals surface area contributed by atoms with Crippen LogP contribution in [0.15, 0.2) is 0 Å². The largest absolute Gasteiger partial charge is 3.00 e. The van der Waals surface area contributed by atoms with Crippen molar-refractivity contribution in [1.82, 2.24) is 0 Å². The third-order valence-corrected chi connectivity index (χ3v) is 16.4. The van der Waals surface area contributed by atoms with E-state index in [-0.39, 0.29) is 40.8 Å². The molecule has 0 heterocycles. The maximum Gasteiger partial charge on any atom is 3.00 e. The molecule has 0 bridgehead atoms.